The van der Waals surface area contributed by atoms with Crippen molar-refractivity contribution in [1.29, 1.82) is 0 Å². The molecule has 0 fully saturated rings. The Labute approximate surface area is 136 Å². The normalized spacial score (nSPS) is 9.71. The van der Waals surface area contributed by atoms with Crippen LogP contribution in [0.3, 0.4) is 0 Å². The van der Waals surface area contributed by atoms with Crippen LogP contribution in [0.25, 0.3) is 10.9 Å². The van der Waals surface area contributed by atoms with Gasteiger partial charge in [0.25, 0.3) is 0 Å². The molecule has 2 rings (SSSR count). The average molecular weight is 248 g/mol. The molecule has 0 aliphatic rings. The van der Waals surface area contributed by atoms with Crippen LogP contribution in [0.15, 0.2) is 35.4 Å². The zero-order valence-electron chi connectivity index (χ0n) is 8.78. The van der Waals surface area contributed by atoms with Gasteiger partial charge in [0.15, 0.2) is 0 Å². The summed E-state index contributed by atoms with van der Waals surface area (Å²) in [4.78, 5) is 4.24. The van der Waals surface area contributed by atoms with Crippen LogP contribution in [0.4, 0.5) is 0 Å². The molecule has 0 spiro atoms. The molecule has 5 heteroatoms. The Bertz CT molecular complexity index is 458. The van der Waals surface area contributed by atoms with E-state index in [0.29, 0.717) is 4.32 Å². The molecule has 0 saturated carbocycles. The molecule has 0 amide bonds. The summed E-state index contributed by atoms with van der Waals surface area (Å²) in [5.74, 6) is 0. The van der Waals surface area contributed by atoms with Crippen LogP contribution < -0.4 is 57.1 Å². The van der Waals surface area contributed by atoms with Gasteiger partial charge in [0.2, 0.25) is 0 Å². The number of rotatable bonds is 1. The molecular weight excluding hydrogens is 239 g/mol. The minimum Gasteiger partial charge on any atom is -1.00 e. The predicted molar refractivity (Wildman–Crippen MR) is 62.1 cm³/mol. The second kappa shape index (κ2) is 5.65. The second-order valence-electron chi connectivity index (χ2n) is 2.62. The number of nitrogens with one attached hydrogen (secondary N) is 1. The van der Waals surface area contributed by atoms with E-state index in [-0.39, 0.29) is 52.8 Å². The van der Waals surface area contributed by atoms with Crippen molar-refractivity contribution in [2.45, 2.75) is 4.90 Å². The largest absolute Gasteiger partial charge is 1.00 e. The van der Waals surface area contributed by atoms with Crippen molar-refractivity contribution in [1.82, 2.24) is 4.98 Å². The van der Waals surface area contributed by atoms with E-state index in [2.05, 4.69) is 4.98 Å². The molecule has 1 aromatic carbocycles. The summed E-state index contributed by atoms with van der Waals surface area (Å²) in [6.45, 7) is 0. The van der Waals surface area contributed by atoms with E-state index >= 15 is 0 Å². The van der Waals surface area contributed by atoms with Crippen LogP contribution >= 0.6 is 24.0 Å². The van der Waals surface area contributed by atoms with Gasteiger partial charge in [-0.15, -0.1) is 0 Å². The number of aromatic amines is 1. The maximum atomic E-state index is 5.46. The van der Waals surface area contributed by atoms with Crippen molar-refractivity contribution < 1.29 is 52.8 Å². The smallest absolute Gasteiger partial charge is 1.00 e. The Morgan fingerprint density at radius 3 is 2.86 bits per heavy atom. The third-order valence-electron chi connectivity index (χ3n) is 1.76. The summed E-state index contributed by atoms with van der Waals surface area (Å²) < 4.78 is 0.449. The number of H-pyrrole nitrogens is 1. The monoisotopic (exact) mass is 248 g/mol. The van der Waals surface area contributed by atoms with Crippen LogP contribution in [0.5, 0.6) is 0 Å². The average Bonchev–Trinajstić information content (AvgIpc) is 2.48. The molecule has 0 bridgehead atoms. The number of fused-ring (bicyclic) bond motifs is 1. The van der Waals surface area contributed by atoms with Crippen molar-refractivity contribution in [2.75, 3.05) is 0 Å². The van der Waals surface area contributed by atoms with Crippen molar-refractivity contribution >= 4 is 39.2 Å². The van der Waals surface area contributed by atoms with Gasteiger partial charge in [-0.2, -0.15) is 0 Å². The van der Waals surface area contributed by atoms with Crippen molar-refractivity contribution in [3.8, 4) is 0 Å². The first kappa shape index (κ1) is 12.7. The first-order valence-electron chi connectivity index (χ1n) is 3.81. The summed E-state index contributed by atoms with van der Waals surface area (Å²) in [6, 6.07) is 8.07. The SMILES string of the molecule is NC(=S)Sc1c[nH]c2ccccc12.[H-].[K+]. The van der Waals surface area contributed by atoms with Crippen molar-refractivity contribution in [2.24, 2.45) is 5.73 Å². The molecule has 0 aliphatic carbocycles. The van der Waals surface area contributed by atoms with Crippen LogP contribution in [-0.4, -0.2) is 9.30 Å². The molecule has 1 aromatic heterocycles. The van der Waals surface area contributed by atoms with Crippen LogP contribution in [0, 0.1) is 0 Å². The number of aromatic nitrogens is 1. The number of hydrogen-bond acceptors (Lipinski definition) is 2. The Kier molecular flexibility index (Phi) is 5.12. The zero-order chi connectivity index (χ0) is 9.26. The molecule has 2 aromatic rings. The number of para-hydroxylation sites is 1. The number of nitrogens with two attached hydrogens (primary N) is 1. The predicted octanol–water partition coefficient (Wildman–Crippen LogP) is -0.380. The number of hydrogen-bond donors (Lipinski definition) is 2. The molecule has 3 N–H and O–H groups in total. The summed E-state index contributed by atoms with van der Waals surface area (Å²) in [7, 11) is 0. The second-order valence-corrected chi connectivity index (χ2v) is 4.40. The van der Waals surface area contributed by atoms with Gasteiger partial charge in [-0.05, 0) is 6.07 Å². The fraction of sp³-hybridized carbons (Fsp3) is 0. The molecule has 2 nitrogen and oxygen atoms in total. The summed E-state index contributed by atoms with van der Waals surface area (Å²) in [6.07, 6.45) is 1.93. The van der Waals surface area contributed by atoms with Gasteiger partial charge < -0.3 is 12.1 Å². The van der Waals surface area contributed by atoms with E-state index in [1.807, 2.05) is 30.5 Å². The molecule has 14 heavy (non-hydrogen) atoms. The van der Waals surface area contributed by atoms with E-state index in [1.54, 1.807) is 0 Å². The first-order valence-corrected chi connectivity index (χ1v) is 5.03. The van der Waals surface area contributed by atoms with Gasteiger partial charge in [-0.25, -0.2) is 0 Å². The fourth-order valence-electron chi connectivity index (χ4n) is 1.24. The first-order chi connectivity index (χ1) is 6.27. The maximum absolute atomic E-state index is 5.46. The zero-order valence-corrected chi connectivity index (χ0v) is 12.5. The minimum absolute atomic E-state index is 0. The summed E-state index contributed by atoms with van der Waals surface area (Å²) >= 11 is 6.25. The van der Waals surface area contributed by atoms with Crippen LogP contribution in [0.2, 0.25) is 0 Å². The van der Waals surface area contributed by atoms with E-state index < -0.39 is 0 Å². The van der Waals surface area contributed by atoms with Gasteiger partial charge in [0.05, 0.1) is 0 Å². The topological polar surface area (TPSA) is 41.8 Å². The third kappa shape index (κ3) is 2.82. The standard InChI is InChI=1S/C9H8N2S2.K.H/c10-9(12)13-8-5-11-7-4-2-1-3-6(7)8;;/h1-5,11H,(H2,10,12);;/q;+1;-1. The molecule has 1 heterocycles. The van der Waals surface area contributed by atoms with Gasteiger partial charge in [0.1, 0.15) is 4.32 Å². The summed E-state index contributed by atoms with van der Waals surface area (Å²) in [5.41, 5.74) is 6.57. The summed E-state index contributed by atoms with van der Waals surface area (Å²) in [5, 5.41) is 1.17. The Hall–Kier alpha value is 0.636. The van der Waals surface area contributed by atoms with Crippen molar-refractivity contribution in [3.05, 3.63) is 30.5 Å². The molecule has 0 radical (unpaired) electrons. The molecule has 68 valence electrons. The van der Waals surface area contributed by atoms with Crippen LogP contribution in [-0.2, 0) is 0 Å². The Balaban J connectivity index is 0.000000980. The Morgan fingerprint density at radius 2 is 2.14 bits per heavy atom. The molecule has 0 atom stereocenters. The maximum Gasteiger partial charge on any atom is 1.00 e. The third-order valence-corrected chi connectivity index (χ3v) is 2.77. The van der Waals surface area contributed by atoms with Crippen molar-refractivity contribution in [3.63, 3.8) is 0 Å². The van der Waals surface area contributed by atoms with E-state index in [1.165, 1.54) is 17.1 Å². The van der Waals surface area contributed by atoms with Gasteiger partial charge in [-0.1, -0.05) is 42.2 Å². The molecule has 0 aliphatic heterocycles. The van der Waals surface area contributed by atoms with Gasteiger partial charge >= 0.3 is 51.4 Å². The molecule has 0 saturated heterocycles. The molecular formula is C9H9KN2S2. The minimum atomic E-state index is 0. The van der Waals surface area contributed by atoms with E-state index in [0.717, 1.165) is 10.4 Å². The fourth-order valence-corrected chi connectivity index (χ4v) is 2.13. The number of thioether (sulfide) groups is 1. The quantitative estimate of drug-likeness (QED) is 0.411. The number of benzene rings is 1. The van der Waals surface area contributed by atoms with Gasteiger partial charge in [-0.3, -0.25) is 0 Å². The Morgan fingerprint density at radius 1 is 1.43 bits per heavy atom. The van der Waals surface area contributed by atoms with Gasteiger partial charge in [0, 0.05) is 22.0 Å². The molecule has 0 unspecified atom stereocenters. The van der Waals surface area contributed by atoms with Crippen LogP contribution in [0.1, 0.15) is 1.43 Å². The van der Waals surface area contributed by atoms with E-state index in [4.69, 9.17) is 18.0 Å². The number of thiocarbonyl (C=S) groups is 1. The van der Waals surface area contributed by atoms with E-state index in [9.17, 15) is 0 Å².